The van der Waals surface area contributed by atoms with Crippen molar-refractivity contribution in [1.29, 1.82) is 0 Å². The molecule has 0 spiro atoms. The lowest BCUT2D eigenvalue weighted by Gasteiger charge is -2.30. The Balaban J connectivity index is 1.90. The smallest absolute Gasteiger partial charge is 0.422 e. The molecular weight excluding hydrogens is 371 g/mol. The van der Waals surface area contributed by atoms with E-state index >= 15 is 0 Å². The molecule has 1 saturated carbocycles. The molecular formula is C21H30F3NO3. The van der Waals surface area contributed by atoms with Crippen molar-refractivity contribution >= 4 is 5.91 Å². The number of methoxy groups -OCH3 is 1. The number of nitrogens with zero attached hydrogens (tertiary/aromatic N) is 1. The van der Waals surface area contributed by atoms with Crippen molar-refractivity contribution < 1.29 is 27.4 Å². The summed E-state index contributed by atoms with van der Waals surface area (Å²) in [5.41, 5.74) is 0.829. The average Bonchev–Trinajstić information content (AvgIpc) is 2.63. The maximum absolute atomic E-state index is 12.6. The molecule has 0 bridgehead atoms. The van der Waals surface area contributed by atoms with Crippen LogP contribution in [0.25, 0.3) is 0 Å². The van der Waals surface area contributed by atoms with Gasteiger partial charge in [0, 0.05) is 19.5 Å². The Kier molecular flexibility index (Phi) is 8.45. The zero-order valence-corrected chi connectivity index (χ0v) is 16.7. The van der Waals surface area contributed by atoms with Gasteiger partial charge < -0.3 is 14.4 Å². The SMILES string of the molecule is COc1cc(CCC(=O)N(C)C2CCCCCCC2)ccc1OCC(F)(F)F. The zero-order chi connectivity index (χ0) is 20.6. The minimum Gasteiger partial charge on any atom is -0.493 e. The van der Waals surface area contributed by atoms with Crippen molar-refractivity contribution in [2.45, 2.75) is 70.0 Å². The second kappa shape index (κ2) is 10.6. The van der Waals surface area contributed by atoms with E-state index in [1.807, 2.05) is 11.9 Å². The first-order valence-electron chi connectivity index (χ1n) is 9.92. The normalized spacial score (nSPS) is 16.2. The van der Waals surface area contributed by atoms with Gasteiger partial charge in [0.1, 0.15) is 0 Å². The zero-order valence-electron chi connectivity index (χ0n) is 16.7. The minimum atomic E-state index is -4.41. The van der Waals surface area contributed by atoms with Gasteiger partial charge in [-0.2, -0.15) is 13.2 Å². The molecule has 1 aliphatic rings. The first kappa shape index (κ1) is 22.4. The summed E-state index contributed by atoms with van der Waals surface area (Å²) in [6.07, 6.45) is 4.67. The predicted octanol–water partition coefficient (Wildman–Crippen LogP) is 5.14. The van der Waals surface area contributed by atoms with Gasteiger partial charge in [-0.15, -0.1) is 0 Å². The van der Waals surface area contributed by atoms with E-state index in [4.69, 9.17) is 9.47 Å². The number of hydrogen-bond donors (Lipinski definition) is 0. The number of rotatable bonds is 7. The van der Waals surface area contributed by atoms with E-state index in [2.05, 4.69) is 0 Å². The second-order valence-corrected chi connectivity index (χ2v) is 7.39. The largest absolute Gasteiger partial charge is 0.493 e. The molecule has 0 aromatic heterocycles. The molecule has 158 valence electrons. The van der Waals surface area contributed by atoms with Crippen LogP contribution in [-0.4, -0.2) is 43.8 Å². The molecule has 0 saturated heterocycles. The first-order chi connectivity index (χ1) is 13.3. The molecule has 0 aliphatic heterocycles. The van der Waals surface area contributed by atoms with Gasteiger partial charge >= 0.3 is 6.18 Å². The third kappa shape index (κ3) is 7.24. The third-order valence-corrected chi connectivity index (χ3v) is 5.26. The van der Waals surface area contributed by atoms with E-state index in [0.717, 1.165) is 18.4 Å². The second-order valence-electron chi connectivity index (χ2n) is 7.39. The Hall–Kier alpha value is -1.92. The summed E-state index contributed by atoms with van der Waals surface area (Å²) in [5.74, 6) is 0.381. The van der Waals surface area contributed by atoms with E-state index in [0.29, 0.717) is 18.9 Å². The maximum Gasteiger partial charge on any atom is 0.422 e. The van der Waals surface area contributed by atoms with Crippen LogP contribution in [0.4, 0.5) is 13.2 Å². The molecule has 1 aliphatic carbocycles. The van der Waals surface area contributed by atoms with E-state index in [9.17, 15) is 18.0 Å². The Morgan fingerprint density at radius 2 is 1.75 bits per heavy atom. The van der Waals surface area contributed by atoms with Gasteiger partial charge in [-0.3, -0.25) is 4.79 Å². The van der Waals surface area contributed by atoms with Crippen LogP contribution >= 0.6 is 0 Å². The first-order valence-corrected chi connectivity index (χ1v) is 9.92. The highest BCUT2D eigenvalue weighted by Gasteiger charge is 2.29. The van der Waals surface area contributed by atoms with Crippen LogP contribution in [0.1, 0.15) is 56.9 Å². The van der Waals surface area contributed by atoms with Crippen LogP contribution in [-0.2, 0) is 11.2 Å². The number of hydrogen-bond acceptors (Lipinski definition) is 3. The lowest BCUT2D eigenvalue weighted by Crippen LogP contribution is -2.37. The molecule has 7 heteroatoms. The van der Waals surface area contributed by atoms with Crippen molar-refractivity contribution in [3.63, 3.8) is 0 Å². The molecule has 1 amide bonds. The van der Waals surface area contributed by atoms with Crippen molar-refractivity contribution in [3.05, 3.63) is 23.8 Å². The summed E-state index contributed by atoms with van der Waals surface area (Å²) in [5, 5.41) is 0. The van der Waals surface area contributed by atoms with Crippen molar-refractivity contribution in [1.82, 2.24) is 4.90 Å². The lowest BCUT2D eigenvalue weighted by atomic mass is 9.95. The van der Waals surface area contributed by atoms with Gasteiger partial charge in [-0.1, -0.05) is 38.2 Å². The summed E-state index contributed by atoms with van der Waals surface area (Å²) in [7, 11) is 3.26. The summed E-state index contributed by atoms with van der Waals surface area (Å²) >= 11 is 0. The van der Waals surface area contributed by atoms with E-state index in [-0.39, 0.29) is 17.4 Å². The number of amides is 1. The molecule has 4 nitrogen and oxygen atoms in total. The quantitative estimate of drug-likeness (QED) is 0.635. The van der Waals surface area contributed by atoms with E-state index < -0.39 is 12.8 Å². The van der Waals surface area contributed by atoms with Gasteiger partial charge in [0.2, 0.25) is 5.91 Å². The molecule has 0 atom stereocenters. The standard InChI is InChI=1S/C21H30F3NO3/c1-25(17-8-6-4-3-5-7-9-17)20(26)13-11-16-10-12-18(19(14-16)27-2)28-15-21(22,23)24/h10,12,14,17H,3-9,11,13,15H2,1-2H3. The number of benzene rings is 1. The summed E-state index contributed by atoms with van der Waals surface area (Å²) in [6.45, 7) is -1.37. The van der Waals surface area contributed by atoms with Gasteiger partial charge in [0.05, 0.1) is 7.11 Å². The van der Waals surface area contributed by atoms with E-state index in [1.54, 1.807) is 12.1 Å². The fourth-order valence-corrected chi connectivity index (χ4v) is 3.60. The highest BCUT2D eigenvalue weighted by Crippen LogP contribution is 2.30. The summed E-state index contributed by atoms with van der Waals surface area (Å²) in [6, 6.07) is 5.08. The van der Waals surface area contributed by atoms with Crippen molar-refractivity contribution in [2.24, 2.45) is 0 Å². The fraction of sp³-hybridized carbons (Fsp3) is 0.667. The topological polar surface area (TPSA) is 38.8 Å². The lowest BCUT2D eigenvalue weighted by molar-refractivity contribution is -0.153. The van der Waals surface area contributed by atoms with Gasteiger partial charge in [0.15, 0.2) is 18.1 Å². The molecule has 1 aromatic carbocycles. The fourth-order valence-electron chi connectivity index (χ4n) is 3.60. The average molecular weight is 401 g/mol. The molecule has 0 N–H and O–H groups in total. The Bertz CT molecular complexity index is 626. The monoisotopic (exact) mass is 401 g/mol. The van der Waals surface area contributed by atoms with Crippen molar-refractivity contribution in [2.75, 3.05) is 20.8 Å². The van der Waals surface area contributed by atoms with Crippen LogP contribution in [0, 0.1) is 0 Å². The van der Waals surface area contributed by atoms with Crippen LogP contribution in [0.15, 0.2) is 18.2 Å². The van der Waals surface area contributed by atoms with Crippen molar-refractivity contribution in [3.8, 4) is 11.5 Å². The number of alkyl halides is 3. The van der Waals surface area contributed by atoms with E-state index in [1.165, 1.54) is 45.3 Å². The maximum atomic E-state index is 12.6. The molecule has 1 fully saturated rings. The molecule has 0 unspecified atom stereocenters. The molecule has 2 rings (SSSR count). The highest BCUT2D eigenvalue weighted by molar-refractivity contribution is 5.76. The molecule has 28 heavy (non-hydrogen) atoms. The number of halogens is 3. The summed E-state index contributed by atoms with van der Waals surface area (Å²) in [4.78, 5) is 14.5. The van der Waals surface area contributed by atoms with Crippen LogP contribution in [0.2, 0.25) is 0 Å². The number of ether oxygens (including phenoxy) is 2. The number of aryl methyl sites for hydroxylation is 1. The molecule has 1 aromatic rings. The third-order valence-electron chi connectivity index (χ3n) is 5.26. The van der Waals surface area contributed by atoms with Gasteiger partial charge in [0.25, 0.3) is 0 Å². The highest BCUT2D eigenvalue weighted by atomic mass is 19.4. The molecule has 0 radical (unpaired) electrons. The van der Waals surface area contributed by atoms with Crippen LogP contribution in [0.3, 0.4) is 0 Å². The number of carbonyl (C=O) groups excluding carboxylic acids is 1. The number of carbonyl (C=O) groups is 1. The Labute approximate surface area is 165 Å². The van der Waals surface area contributed by atoms with Gasteiger partial charge in [-0.25, -0.2) is 0 Å². The van der Waals surface area contributed by atoms with Gasteiger partial charge in [-0.05, 0) is 37.0 Å². The minimum absolute atomic E-state index is 0.0431. The summed E-state index contributed by atoms with van der Waals surface area (Å²) < 4.78 is 46.9. The Morgan fingerprint density at radius 3 is 2.36 bits per heavy atom. The van der Waals surface area contributed by atoms with Crippen LogP contribution < -0.4 is 9.47 Å². The van der Waals surface area contributed by atoms with Crippen LogP contribution in [0.5, 0.6) is 11.5 Å². The Morgan fingerprint density at radius 1 is 1.11 bits per heavy atom. The predicted molar refractivity (Wildman–Crippen MR) is 102 cm³/mol. The molecule has 0 heterocycles.